The van der Waals surface area contributed by atoms with Gasteiger partial charge in [-0.25, -0.2) is 0 Å². The molecule has 98 valence electrons. The number of halogens is 1. The van der Waals surface area contributed by atoms with Gasteiger partial charge in [0.05, 0.1) is 12.7 Å². The van der Waals surface area contributed by atoms with Crippen LogP contribution in [-0.4, -0.2) is 6.61 Å². The van der Waals surface area contributed by atoms with E-state index in [1.807, 2.05) is 26.8 Å². The van der Waals surface area contributed by atoms with Gasteiger partial charge in [0.15, 0.2) is 0 Å². The van der Waals surface area contributed by atoms with Crippen LogP contribution in [0.5, 0.6) is 5.75 Å². The topological polar surface area (TPSA) is 33.0 Å². The van der Waals surface area contributed by atoms with Crippen LogP contribution >= 0.6 is 11.6 Å². The van der Waals surface area contributed by atoms with Crippen LogP contribution in [0.15, 0.2) is 6.07 Å². The molecule has 0 bridgehead atoms. The minimum Gasteiger partial charge on any atom is -0.493 e. The molecule has 0 heterocycles. The van der Waals surface area contributed by atoms with Gasteiger partial charge < -0.3 is 4.74 Å². The summed E-state index contributed by atoms with van der Waals surface area (Å²) in [5.41, 5.74) is 3.28. The molecule has 3 heteroatoms. The normalized spacial score (nSPS) is 12.0. The smallest absolute Gasteiger partial charge is 0.126 e. The van der Waals surface area contributed by atoms with Gasteiger partial charge in [-0.05, 0) is 50.3 Å². The number of nitriles is 1. The van der Waals surface area contributed by atoms with Crippen LogP contribution in [0.25, 0.3) is 0 Å². The van der Waals surface area contributed by atoms with E-state index in [2.05, 4.69) is 13.0 Å². The van der Waals surface area contributed by atoms with Crippen LogP contribution in [0.4, 0.5) is 0 Å². The molecule has 2 nitrogen and oxygen atoms in total. The van der Waals surface area contributed by atoms with Crippen molar-refractivity contribution >= 4 is 11.6 Å². The molecule has 0 saturated carbocycles. The molecule has 18 heavy (non-hydrogen) atoms. The lowest BCUT2D eigenvalue weighted by molar-refractivity contribution is 0.331. The third kappa shape index (κ3) is 3.17. The molecule has 0 aliphatic rings. The first kappa shape index (κ1) is 14.9. The maximum atomic E-state index is 8.71. The molecule has 0 aromatic heterocycles. The molecule has 0 amide bonds. The number of hydrogen-bond donors (Lipinski definition) is 0. The molecule has 1 aromatic carbocycles. The van der Waals surface area contributed by atoms with Gasteiger partial charge in [-0.15, -0.1) is 0 Å². The first-order chi connectivity index (χ1) is 8.52. The second-order valence-electron chi connectivity index (χ2n) is 4.57. The Morgan fingerprint density at radius 2 is 2.11 bits per heavy atom. The van der Waals surface area contributed by atoms with E-state index in [1.165, 1.54) is 0 Å². The van der Waals surface area contributed by atoms with Crippen LogP contribution in [0.3, 0.4) is 0 Å². The lowest BCUT2D eigenvalue weighted by Gasteiger charge is -2.21. The van der Waals surface area contributed by atoms with Gasteiger partial charge in [0.2, 0.25) is 0 Å². The second kappa shape index (κ2) is 6.66. The summed E-state index contributed by atoms with van der Waals surface area (Å²) in [7, 11) is 0. The van der Waals surface area contributed by atoms with Crippen molar-refractivity contribution in [2.45, 2.75) is 46.5 Å². The molecular formula is C15H20ClNO. The monoisotopic (exact) mass is 265 g/mol. The van der Waals surface area contributed by atoms with E-state index in [0.29, 0.717) is 13.0 Å². The molecule has 0 radical (unpaired) electrons. The fraction of sp³-hybridized carbons (Fsp3) is 0.533. The summed E-state index contributed by atoms with van der Waals surface area (Å²) in [5.74, 6) is 1.22. The molecule has 0 N–H and O–H groups in total. The van der Waals surface area contributed by atoms with Crippen molar-refractivity contribution in [3.63, 3.8) is 0 Å². The van der Waals surface area contributed by atoms with Gasteiger partial charge in [-0.1, -0.05) is 18.5 Å². The Kier molecular flexibility index (Phi) is 5.50. The summed E-state index contributed by atoms with van der Waals surface area (Å²) in [5, 5.41) is 9.48. The van der Waals surface area contributed by atoms with Gasteiger partial charge in [-0.3, -0.25) is 0 Å². The second-order valence-corrected chi connectivity index (χ2v) is 4.98. The highest BCUT2D eigenvalue weighted by Crippen LogP contribution is 2.38. The Morgan fingerprint density at radius 3 is 2.67 bits per heavy atom. The Balaban J connectivity index is 3.25. The highest BCUT2D eigenvalue weighted by molar-refractivity contribution is 6.31. The van der Waals surface area contributed by atoms with Gasteiger partial charge in [0.1, 0.15) is 5.75 Å². The predicted molar refractivity (Wildman–Crippen MR) is 75.4 cm³/mol. The fourth-order valence-electron chi connectivity index (χ4n) is 2.23. The molecule has 1 aromatic rings. The Hall–Kier alpha value is -1.20. The highest BCUT2D eigenvalue weighted by atomic mass is 35.5. The van der Waals surface area contributed by atoms with Gasteiger partial charge in [0, 0.05) is 17.0 Å². The van der Waals surface area contributed by atoms with Crippen LogP contribution in [0, 0.1) is 25.2 Å². The number of benzene rings is 1. The SMILES string of the molecule is CCOc1c(C)cc(Cl)c(C)c1C(C)CCC#N. The molecule has 0 saturated heterocycles. The van der Waals surface area contributed by atoms with Crippen LogP contribution in [0.2, 0.25) is 5.02 Å². The average Bonchev–Trinajstić information content (AvgIpc) is 2.33. The zero-order valence-corrected chi connectivity index (χ0v) is 12.3. The van der Waals surface area contributed by atoms with Crippen LogP contribution in [0.1, 0.15) is 49.3 Å². The van der Waals surface area contributed by atoms with E-state index >= 15 is 0 Å². The number of nitrogens with zero attached hydrogens (tertiary/aromatic N) is 1. The third-order valence-corrected chi connectivity index (χ3v) is 3.57. The summed E-state index contributed by atoms with van der Waals surface area (Å²) in [6.07, 6.45) is 1.38. The number of ether oxygens (including phenoxy) is 1. The van der Waals surface area contributed by atoms with Crippen molar-refractivity contribution in [3.8, 4) is 11.8 Å². The largest absolute Gasteiger partial charge is 0.493 e. The van der Waals surface area contributed by atoms with E-state index in [1.54, 1.807) is 0 Å². The molecule has 0 fully saturated rings. The van der Waals surface area contributed by atoms with Crippen molar-refractivity contribution < 1.29 is 4.74 Å². The van der Waals surface area contributed by atoms with Gasteiger partial charge in [-0.2, -0.15) is 5.26 Å². The Bertz CT molecular complexity index is 463. The van der Waals surface area contributed by atoms with Gasteiger partial charge in [0.25, 0.3) is 0 Å². The number of aryl methyl sites for hydroxylation is 1. The number of hydrogen-bond acceptors (Lipinski definition) is 2. The van der Waals surface area contributed by atoms with Crippen molar-refractivity contribution in [2.24, 2.45) is 0 Å². The van der Waals surface area contributed by atoms with Crippen molar-refractivity contribution in [3.05, 3.63) is 27.8 Å². The molecule has 0 spiro atoms. The quantitative estimate of drug-likeness (QED) is 0.769. The minimum atomic E-state index is 0.281. The van der Waals surface area contributed by atoms with Crippen molar-refractivity contribution in [1.82, 2.24) is 0 Å². The molecule has 1 unspecified atom stereocenters. The summed E-state index contributed by atoms with van der Waals surface area (Å²) >= 11 is 6.25. The molecule has 0 aliphatic carbocycles. The maximum absolute atomic E-state index is 8.71. The first-order valence-electron chi connectivity index (χ1n) is 6.32. The molecule has 0 aliphatic heterocycles. The Labute approximate surface area is 115 Å². The maximum Gasteiger partial charge on any atom is 0.126 e. The summed E-state index contributed by atoms with van der Waals surface area (Å²) in [6, 6.07) is 4.14. The van der Waals surface area contributed by atoms with E-state index < -0.39 is 0 Å². The summed E-state index contributed by atoms with van der Waals surface area (Å²) in [4.78, 5) is 0. The molecule has 1 rings (SSSR count). The zero-order chi connectivity index (χ0) is 13.7. The molecular weight excluding hydrogens is 246 g/mol. The van der Waals surface area contributed by atoms with Crippen LogP contribution in [-0.2, 0) is 0 Å². The summed E-state index contributed by atoms with van der Waals surface area (Å²) < 4.78 is 5.76. The zero-order valence-electron chi connectivity index (χ0n) is 11.5. The first-order valence-corrected chi connectivity index (χ1v) is 6.70. The third-order valence-electron chi connectivity index (χ3n) is 3.18. The van der Waals surface area contributed by atoms with E-state index in [-0.39, 0.29) is 5.92 Å². The van der Waals surface area contributed by atoms with Gasteiger partial charge >= 0.3 is 0 Å². The summed E-state index contributed by atoms with van der Waals surface area (Å²) in [6.45, 7) is 8.77. The van der Waals surface area contributed by atoms with E-state index in [4.69, 9.17) is 21.6 Å². The standard InChI is InChI=1S/C15H20ClNO/c1-5-18-15-11(3)9-13(16)12(4)14(15)10(2)7-6-8-17/h9-10H,5-7H2,1-4H3. The van der Waals surface area contributed by atoms with E-state index in [0.717, 1.165) is 33.9 Å². The van der Waals surface area contributed by atoms with Crippen molar-refractivity contribution in [1.29, 1.82) is 5.26 Å². The van der Waals surface area contributed by atoms with Crippen molar-refractivity contribution in [2.75, 3.05) is 6.61 Å². The predicted octanol–water partition coefficient (Wildman–Crippen LogP) is 4.76. The average molecular weight is 266 g/mol. The lowest BCUT2D eigenvalue weighted by atomic mass is 9.90. The van der Waals surface area contributed by atoms with E-state index in [9.17, 15) is 0 Å². The highest BCUT2D eigenvalue weighted by Gasteiger charge is 2.18. The van der Waals surface area contributed by atoms with Crippen LogP contribution < -0.4 is 4.74 Å². The number of rotatable bonds is 5. The fourth-order valence-corrected chi connectivity index (χ4v) is 2.50. The minimum absolute atomic E-state index is 0.281. The lowest BCUT2D eigenvalue weighted by Crippen LogP contribution is -2.05. The Morgan fingerprint density at radius 1 is 1.44 bits per heavy atom. The molecule has 1 atom stereocenters.